The molecule has 10 aromatic rings. The number of nitrogens with zero attached hydrogens (tertiary/aromatic N) is 5. The van der Waals surface area contributed by atoms with Gasteiger partial charge in [0.1, 0.15) is 11.2 Å². The third-order valence-corrected chi connectivity index (χ3v) is 9.63. The number of nitriles is 1. The molecule has 0 radical (unpaired) electrons. The second-order valence-electron chi connectivity index (χ2n) is 12.8. The van der Waals surface area contributed by atoms with Gasteiger partial charge in [0.2, 0.25) is 0 Å². The molecule has 6 heteroatoms. The maximum absolute atomic E-state index is 9.82. The Morgan fingerprint density at radius 3 is 1.77 bits per heavy atom. The zero-order chi connectivity index (χ0) is 34.6. The highest BCUT2D eigenvalue weighted by Gasteiger charge is 2.19. The summed E-state index contributed by atoms with van der Waals surface area (Å²) < 4.78 is 8.65. The van der Waals surface area contributed by atoms with Crippen LogP contribution in [0.3, 0.4) is 0 Å². The van der Waals surface area contributed by atoms with E-state index in [1.165, 1.54) is 0 Å². The van der Waals surface area contributed by atoms with E-state index in [9.17, 15) is 5.26 Å². The highest BCUT2D eigenvalue weighted by atomic mass is 16.3. The molecule has 0 fully saturated rings. The van der Waals surface area contributed by atoms with Crippen LogP contribution in [0.15, 0.2) is 168 Å². The van der Waals surface area contributed by atoms with E-state index in [1.54, 1.807) is 0 Å². The van der Waals surface area contributed by atoms with Crippen molar-refractivity contribution in [3.63, 3.8) is 0 Å². The van der Waals surface area contributed by atoms with Gasteiger partial charge in [-0.15, -0.1) is 0 Å². The van der Waals surface area contributed by atoms with Crippen LogP contribution in [0, 0.1) is 11.3 Å². The van der Waals surface area contributed by atoms with Crippen molar-refractivity contribution in [2.75, 3.05) is 0 Å². The Balaban J connectivity index is 1.28. The summed E-state index contributed by atoms with van der Waals surface area (Å²) in [5.74, 6) is 1.74. The van der Waals surface area contributed by atoms with Gasteiger partial charge in [-0.2, -0.15) is 5.26 Å². The van der Waals surface area contributed by atoms with Gasteiger partial charge in [-0.3, -0.25) is 0 Å². The molecule has 0 unspecified atom stereocenters. The number of furan rings is 1. The van der Waals surface area contributed by atoms with Crippen molar-refractivity contribution < 1.29 is 4.42 Å². The first kappa shape index (κ1) is 29.5. The molecule has 0 aliphatic carbocycles. The van der Waals surface area contributed by atoms with Gasteiger partial charge in [0.05, 0.1) is 22.7 Å². The second-order valence-corrected chi connectivity index (χ2v) is 12.8. The molecule has 0 spiro atoms. The number of benzene rings is 7. The average Bonchev–Trinajstić information content (AvgIpc) is 3.75. The van der Waals surface area contributed by atoms with Gasteiger partial charge in [0, 0.05) is 43.9 Å². The lowest BCUT2D eigenvalue weighted by Crippen LogP contribution is -2.01. The summed E-state index contributed by atoms with van der Waals surface area (Å²) in [5, 5.41) is 14.2. The van der Waals surface area contributed by atoms with E-state index in [0.29, 0.717) is 23.0 Å². The van der Waals surface area contributed by atoms with E-state index in [4.69, 9.17) is 19.4 Å². The molecule has 0 amide bonds. The van der Waals surface area contributed by atoms with Crippen molar-refractivity contribution in [1.29, 1.82) is 5.26 Å². The Morgan fingerprint density at radius 2 is 1.04 bits per heavy atom. The van der Waals surface area contributed by atoms with Crippen LogP contribution in [0.2, 0.25) is 0 Å². The van der Waals surface area contributed by atoms with Gasteiger partial charge in [-0.25, -0.2) is 15.0 Å². The Kier molecular flexibility index (Phi) is 6.76. The summed E-state index contributed by atoms with van der Waals surface area (Å²) in [6.07, 6.45) is 0. The third kappa shape index (κ3) is 4.92. The molecular weight excluding hydrogens is 639 g/mol. The number of fused-ring (bicyclic) bond motifs is 6. The molecular formula is C46H27N5O. The lowest BCUT2D eigenvalue weighted by atomic mass is 9.99. The van der Waals surface area contributed by atoms with Crippen LogP contribution in [0.4, 0.5) is 0 Å². The first-order valence-corrected chi connectivity index (χ1v) is 17.1. The minimum absolute atomic E-state index is 0.552. The summed E-state index contributed by atoms with van der Waals surface area (Å²) >= 11 is 0. The van der Waals surface area contributed by atoms with Gasteiger partial charge in [0.15, 0.2) is 17.5 Å². The maximum Gasteiger partial charge on any atom is 0.164 e. The minimum atomic E-state index is 0.552. The highest BCUT2D eigenvalue weighted by Crippen LogP contribution is 2.40. The van der Waals surface area contributed by atoms with Crippen molar-refractivity contribution in [2.45, 2.75) is 0 Å². The molecule has 7 aromatic carbocycles. The van der Waals surface area contributed by atoms with Crippen molar-refractivity contribution in [3.8, 4) is 57.0 Å². The average molecular weight is 666 g/mol. The van der Waals surface area contributed by atoms with Crippen molar-refractivity contribution in [1.82, 2.24) is 19.5 Å². The first-order chi connectivity index (χ1) is 25.7. The van der Waals surface area contributed by atoms with Crippen LogP contribution in [-0.4, -0.2) is 19.5 Å². The number of para-hydroxylation sites is 2. The normalized spacial score (nSPS) is 11.4. The number of aromatic nitrogens is 4. The minimum Gasteiger partial charge on any atom is -0.456 e. The smallest absolute Gasteiger partial charge is 0.164 e. The number of rotatable bonds is 5. The molecule has 0 aliphatic rings. The summed E-state index contributed by atoms with van der Waals surface area (Å²) in [5.41, 5.74) is 9.86. The zero-order valence-corrected chi connectivity index (χ0v) is 27.7. The topological polar surface area (TPSA) is 80.5 Å². The standard InChI is InChI=1S/C46H27N5O/c47-28-29-12-11-17-32(22-29)33-23-34(46-49-44(30-13-3-1-4-14-30)48-45(50-46)31-15-5-2-6-16-31)25-35(24-33)51-40-20-9-7-18-36(40)38-27-43-39(26-41(38)51)37-19-8-10-21-42(37)52-43/h1-27H. The van der Waals surface area contributed by atoms with E-state index in [-0.39, 0.29) is 0 Å². The SMILES string of the molecule is N#Cc1cccc(-c2cc(-c3nc(-c4ccccc4)nc(-c4ccccc4)n3)cc(-n3c4ccccc4c4cc5oc6ccccc6c5cc43)c2)c1. The number of hydrogen-bond acceptors (Lipinski definition) is 5. The molecule has 10 rings (SSSR count). The fourth-order valence-corrected chi connectivity index (χ4v) is 7.21. The molecule has 6 nitrogen and oxygen atoms in total. The molecule has 0 atom stereocenters. The monoisotopic (exact) mass is 665 g/mol. The van der Waals surface area contributed by atoms with E-state index < -0.39 is 0 Å². The highest BCUT2D eigenvalue weighted by molar-refractivity contribution is 6.17. The van der Waals surface area contributed by atoms with Gasteiger partial charge in [-0.05, 0) is 65.7 Å². The van der Waals surface area contributed by atoms with Gasteiger partial charge >= 0.3 is 0 Å². The first-order valence-electron chi connectivity index (χ1n) is 17.1. The Hall–Kier alpha value is -7.36. The zero-order valence-electron chi connectivity index (χ0n) is 27.7. The largest absolute Gasteiger partial charge is 0.456 e. The summed E-state index contributed by atoms with van der Waals surface area (Å²) in [4.78, 5) is 15.1. The van der Waals surface area contributed by atoms with Crippen LogP contribution in [0.25, 0.3) is 94.7 Å². The van der Waals surface area contributed by atoms with Crippen LogP contribution < -0.4 is 0 Å². The molecule has 0 saturated carbocycles. The van der Waals surface area contributed by atoms with Crippen molar-refractivity contribution in [3.05, 3.63) is 169 Å². The van der Waals surface area contributed by atoms with Crippen LogP contribution in [0.5, 0.6) is 0 Å². The lowest BCUT2D eigenvalue weighted by molar-refractivity contribution is 0.669. The predicted octanol–water partition coefficient (Wildman–Crippen LogP) is 11.4. The maximum atomic E-state index is 9.82. The third-order valence-electron chi connectivity index (χ3n) is 9.63. The van der Waals surface area contributed by atoms with E-state index in [2.05, 4.69) is 71.3 Å². The Morgan fingerprint density at radius 1 is 0.423 bits per heavy atom. The van der Waals surface area contributed by atoms with Crippen molar-refractivity contribution >= 4 is 43.7 Å². The number of hydrogen-bond donors (Lipinski definition) is 0. The predicted molar refractivity (Wildman–Crippen MR) is 208 cm³/mol. The van der Waals surface area contributed by atoms with Gasteiger partial charge in [0.25, 0.3) is 0 Å². The Labute approximate surface area is 298 Å². The molecule has 0 saturated heterocycles. The van der Waals surface area contributed by atoms with Crippen LogP contribution in [0.1, 0.15) is 5.56 Å². The molecule has 0 N–H and O–H groups in total. The van der Waals surface area contributed by atoms with Gasteiger partial charge in [-0.1, -0.05) is 109 Å². The molecule has 3 aromatic heterocycles. The molecule has 0 bridgehead atoms. The summed E-state index contributed by atoms with van der Waals surface area (Å²) in [6, 6.07) is 57.5. The van der Waals surface area contributed by atoms with Crippen LogP contribution >= 0.6 is 0 Å². The lowest BCUT2D eigenvalue weighted by Gasteiger charge is -2.14. The molecule has 52 heavy (non-hydrogen) atoms. The van der Waals surface area contributed by atoms with Gasteiger partial charge < -0.3 is 8.98 Å². The fraction of sp³-hybridized carbons (Fsp3) is 0. The molecule has 0 aliphatic heterocycles. The summed E-state index contributed by atoms with van der Waals surface area (Å²) in [7, 11) is 0. The molecule has 242 valence electrons. The van der Waals surface area contributed by atoms with Crippen LogP contribution in [-0.2, 0) is 0 Å². The second kappa shape index (κ2) is 11.9. The van der Waals surface area contributed by atoms with E-state index in [1.807, 2.05) is 103 Å². The van der Waals surface area contributed by atoms with E-state index >= 15 is 0 Å². The summed E-state index contributed by atoms with van der Waals surface area (Å²) in [6.45, 7) is 0. The quantitative estimate of drug-likeness (QED) is 0.183. The van der Waals surface area contributed by atoms with Crippen molar-refractivity contribution in [2.24, 2.45) is 0 Å². The fourth-order valence-electron chi connectivity index (χ4n) is 7.21. The Bertz CT molecular complexity index is 2970. The molecule has 3 heterocycles. The van der Waals surface area contributed by atoms with E-state index in [0.717, 1.165) is 77.2 Å².